The van der Waals surface area contributed by atoms with Crippen LogP contribution in [0.25, 0.3) is 5.65 Å². The highest BCUT2D eigenvalue weighted by Crippen LogP contribution is 2.19. The number of primary amides is 1. The monoisotopic (exact) mass is 569 g/mol. The molecule has 0 spiro atoms. The van der Waals surface area contributed by atoms with Crippen molar-refractivity contribution < 1.29 is 38.6 Å². The van der Waals surface area contributed by atoms with Gasteiger partial charge in [-0.15, -0.1) is 10.2 Å². The van der Waals surface area contributed by atoms with Crippen LogP contribution in [-0.4, -0.2) is 80.1 Å². The summed E-state index contributed by atoms with van der Waals surface area (Å²) in [5.74, 6) is -4.28. The lowest BCUT2D eigenvalue weighted by molar-refractivity contribution is -0.151. The van der Waals surface area contributed by atoms with Gasteiger partial charge in [-0.1, -0.05) is 36.4 Å². The van der Waals surface area contributed by atoms with Crippen LogP contribution < -0.4 is 16.4 Å². The lowest BCUT2D eigenvalue weighted by Crippen LogP contribution is -2.57. The normalized spacial score (nSPS) is 11.9. The van der Waals surface area contributed by atoms with E-state index in [1.165, 1.54) is 20.9 Å². The molecular formula is C26H31N7O8. The van der Waals surface area contributed by atoms with Gasteiger partial charge in [0.15, 0.2) is 11.5 Å². The Morgan fingerprint density at radius 1 is 1.05 bits per heavy atom. The smallest absolute Gasteiger partial charge is 0.410 e. The molecule has 3 aromatic rings. The fraction of sp³-hybridized carbons (Fsp3) is 0.346. The van der Waals surface area contributed by atoms with E-state index in [1.807, 2.05) is 30.3 Å². The summed E-state index contributed by atoms with van der Waals surface area (Å²) in [6.45, 7) is 2.25. The van der Waals surface area contributed by atoms with Crippen molar-refractivity contribution in [1.82, 2.24) is 30.1 Å². The Balaban J connectivity index is 1.89. The number of carboxylic acid groups (broad SMARTS) is 1. The van der Waals surface area contributed by atoms with Crippen LogP contribution in [0.3, 0.4) is 0 Å². The molecule has 0 saturated heterocycles. The highest BCUT2D eigenvalue weighted by atomic mass is 16.6. The maximum absolute atomic E-state index is 13.2. The SMILES string of the molecule is CN(CC(N)=O)C(=O)OCc1cccc2nnc([C@@H](COCc3ccccc3)NC(=O)C(C)(C)NC(=O)C(=O)O)n12. The van der Waals surface area contributed by atoms with Gasteiger partial charge >= 0.3 is 18.0 Å². The average Bonchev–Trinajstić information content (AvgIpc) is 3.35. The molecule has 1 aromatic carbocycles. The van der Waals surface area contributed by atoms with Gasteiger partial charge in [-0.05, 0) is 31.5 Å². The maximum Gasteiger partial charge on any atom is 0.410 e. The van der Waals surface area contributed by atoms with Gasteiger partial charge < -0.3 is 35.8 Å². The fourth-order valence-corrected chi connectivity index (χ4v) is 3.70. The number of ether oxygens (including phenoxy) is 2. The number of pyridine rings is 1. The number of carboxylic acids is 1. The molecule has 3 rings (SSSR count). The van der Waals surface area contributed by atoms with E-state index in [0.717, 1.165) is 10.5 Å². The van der Waals surface area contributed by atoms with E-state index in [2.05, 4.69) is 20.8 Å². The predicted molar refractivity (Wildman–Crippen MR) is 142 cm³/mol. The van der Waals surface area contributed by atoms with Gasteiger partial charge in [0.05, 0.1) is 18.9 Å². The van der Waals surface area contributed by atoms with E-state index >= 15 is 0 Å². The van der Waals surface area contributed by atoms with E-state index in [0.29, 0.717) is 11.3 Å². The summed E-state index contributed by atoms with van der Waals surface area (Å²) in [7, 11) is 1.36. The molecule has 41 heavy (non-hydrogen) atoms. The molecule has 0 aliphatic heterocycles. The van der Waals surface area contributed by atoms with Gasteiger partial charge in [0.2, 0.25) is 11.8 Å². The molecule has 0 fully saturated rings. The maximum atomic E-state index is 13.2. The number of aliphatic carboxylic acids is 1. The van der Waals surface area contributed by atoms with Crippen LogP contribution in [0.5, 0.6) is 0 Å². The molecule has 0 unspecified atom stereocenters. The van der Waals surface area contributed by atoms with E-state index < -0.39 is 41.4 Å². The number of rotatable bonds is 12. The molecule has 5 N–H and O–H groups in total. The number of nitrogens with two attached hydrogens (primary N) is 1. The molecule has 0 bridgehead atoms. The van der Waals surface area contributed by atoms with Crippen LogP contribution in [0.1, 0.15) is 37.0 Å². The van der Waals surface area contributed by atoms with Crippen LogP contribution in [0.4, 0.5) is 4.79 Å². The van der Waals surface area contributed by atoms with Crippen molar-refractivity contribution in [3.8, 4) is 0 Å². The van der Waals surface area contributed by atoms with E-state index in [-0.39, 0.29) is 32.2 Å². The second-order valence-electron chi connectivity index (χ2n) is 9.56. The molecule has 4 amide bonds. The molecule has 0 aliphatic carbocycles. The number of carbonyl (C=O) groups excluding carboxylic acids is 4. The van der Waals surface area contributed by atoms with Crippen LogP contribution >= 0.6 is 0 Å². The lowest BCUT2D eigenvalue weighted by Gasteiger charge is -2.27. The zero-order chi connectivity index (χ0) is 30.2. The Morgan fingerprint density at radius 2 is 1.76 bits per heavy atom. The zero-order valence-electron chi connectivity index (χ0n) is 22.7. The molecule has 2 heterocycles. The summed E-state index contributed by atoms with van der Waals surface area (Å²) >= 11 is 0. The first-order valence-corrected chi connectivity index (χ1v) is 12.4. The first kappa shape index (κ1) is 30.5. The van der Waals surface area contributed by atoms with Crippen LogP contribution in [-0.2, 0) is 41.9 Å². The minimum Gasteiger partial charge on any atom is -0.474 e. The second kappa shape index (κ2) is 13.3. The number of fused-ring (bicyclic) bond motifs is 1. The largest absolute Gasteiger partial charge is 0.474 e. The number of nitrogens with zero attached hydrogens (tertiary/aromatic N) is 4. The van der Waals surface area contributed by atoms with Crippen molar-refractivity contribution >= 4 is 35.4 Å². The first-order chi connectivity index (χ1) is 19.4. The van der Waals surface area contributed by atoms with Gasteiger partial charge in [-0.3, -0.25) is 18.8 Å². The molecule has 2 aromatic heterocycles. The number of benzene rings is 1. The van der Waals surface area contributed by atoms with Crippen molar-refractivity contribution in [2.45, 2.75) is 38.6 Å². The van der Waals surface area contributed by atoms with E-state index in [9.17, 15) is 24.0 Å². The predicted octanol–water partition coefficient (Wildman–Crippen LogP) is 0.137. The van der Waals surface area contributed by atoms with Crippen molar-refractivity contribution in [3.05, 3.63) is 65.6 Å². The van der Waals surface area contributed by atoms with Gasteiger partial charge in [0, 0.05) is 7.05 Å². The molecule has 0 radical (unpaired) electrons. The van der Waals surface area contributed by atoms with E-state index in [1.54, 1.807) is 22.6 Å². The Hall–Kier alpha value is -5.05. The third-order valence-corrected chi connectivity index (χ3v) is 5.78. The Bertz CT molecular complexity index is 1420. The van der Waals surface area contributed by atoms with Crippen molar-refractivity contribution in [3.63, 3.8) is 0 Å². The Morgan fingerprint density at radius 3 is 2.41 bits per heavy atom. The van der Waals surface area contributed by atoms with Gasteiger partial charge in [-0.2, -0.15) is 0 Å². The zero-order valence-corrected chi connectivity index (χ0v) is 22.7. The molecule has 1 atom stereocenters. The summed E-state index contributed by atoms with van der Waals surface area (Å²) < 4.78 is 12.8. The number of likely N-dealkylation sites (N-methyl/N-ethyl adjacent to an activating group) is 1. The van der Waals surface area contributed by atoms with Gasteiger partial charge in [0.1, 0.15) is 24.7 Å². The van der Waals surface area contributed by atoms with Crippen molar-refractivity contribution in [2.24, 2.45) is 5.73 Å². The number of hydrogen-bond acceptors (Lipinski definition) is 9. The minimum atomic E-state index is -1.74. The average molecular weight is 570 g/mol. The highest BCUT2D eigenvalue weighted by Gasteiger charge is 2.34. The van der Waals surface area contributed by atoms with Crippen LogP contribution in [0, 0.1) is 0 Å². The summed E-state index contributed by atoms with van der Waals surface area (Å²) in [4.78, 5) is 60.5. The quantitative estimate of drug-likeness (QED) is 0.217. The lowest BCUT2D eigenvalue weighted by atomic mass is 10.0. The number of carbonyl (C=O) groups is 5. The summed E-state index contributed by atoms with van der Waals surface area (Å²) in [6.07, 6.45) is -0.789. The topological polar surface area (TPSA) is 208 Å². The van der Waals surface area contributed by atoms with E-state index in [4.69, 9.17) is 20.3 Å². The fourth-order valence-electron chi connectivity index (χ4n) is 3.70. The number of aromatic nitrogens is 3. The molecule has 218 valence electrons. The van der Waals surface area contributed by atoms with Gasteiger partial charge in [-0.25, -0.2) is 9.59 Å². The number of nitrogens with one attached hydrogen (secondary N) is 2. The van der Waals surface area contributed by atoms with Crippen molar-refractivity contribution in [2.75, 3.05) is 20.2 Å². The molecule has 15 heteroatoms. The summed E-state index contributed by atoms with van der Waals surface area (Å²) in [5.41, 5.74) is 5.21. The first-order valence-electron chi connectivity index (χ1n) is 12.4. The third-order valence-electron chi connectivity index (χ3n) is 5.78. The minimum absolute atomic E-state index is 0.0835. The Labute approximate surface area is 234 Å². The molecule has 0 saturated carbocycles. The second-order valence-corrected chi connectivity index (χ2v) is 9.56. The molecule has 15 nitrogen and oxygen atoms in total. The van der Waals surface area contributed by atoms with Crippen LogP contribution in [0.2, 0.25) is 0 Å². The summed E-state index contributed by atoms with van der Waals surface area (Å²) in [6, 6.07) is 13.4. The Kier molecular flexibility index (Phi) is 9.92. The van der Waals surface area contributed by atoms with Crippen LogP contribution in [0.15, 0.2) is 48.5 Å². The number of hydrogen-bond donors (Lipinski definition) is 4. The van der Waals surface area contributed by atoms with Crippen molar-refractivity contribution in [1.29, 1.82) is 0 Å². The molecular weight excluding hydrogens is 538 g/mol. The summed E-state index contributed by atoms with van der Waals surface area (Å²) in [5, 5.41) is 22.3. The highest BCUT2D eigenvalue weighted by molar-refractivity contribution is 6.32. The molecule has 0 aliphatic rings. The standard InChI is InChI=1S/C26H31N7O8/c1-26(2,29-22(35)23(36)37)24(38)28-18(15-40-13-16-8-5-4-6-9-16)21-31-30-20-11-7-10-17(33(20)21)14-41-25(39)32(3)12-19(27)34/h4-11,18H,12-15H2,1-3H3,(H2,27,34)(H,28,38)(H,29,35)(H,36,37)/t18-/m1/s1. The van der Waals surface area contributed by atoms with Gasteiger partial charge in [0.25, 0.3) is 0 Å². The number of amides is 4. The third kappa shape index (κ3) is 8.22.